The molecule has 0 saturated carbocycles. The van der Waals surface area contributed by atoms with E-state index in [1.165, 1.54) is 0 Å². The largest absolute Gasteiger partial charge is 0.416 e. The van der Waals surface area contributed by atoms with Crippen LogP contribution < -0.4 is 9.62 Å². The van der Waals surface area contributed by atoms with Gasteiger partial charge in [-0.3, -0.25) is 19.2 Å². The van der Waals surface area contributed by atoms with Crippen LogP contribution in [0.15, 0.2) is 47.4 Å². The number of hydrogen-bond donors (Lipinski definition) is 1. The maximum atomic E-state index is 12.9. The molecular weight excluding hydrogens is 454 g/mol. The first kappa shape index (κ1) is 22.6. The zero-order valence-electron chi connectivity index (χ0n) is 15.2. The minimum Gasteiger partial charge on any atom is -0.280 e. The van der Waals surface area contributed by atoms with E-state index in [2.05, 4.69) is 0 Å². The Morgan fingerprint density at radius 3 is 1.65 bits per heavy atom. The Morgan fingerprint density at radius 2 is 1.23 bits per heavy atom. The lowest BCUT2D eigenvalue weighted by Crippen LogP contribution is -2.28. The van der Waals surface area contributed by atoms with E-state index < -0.39 is 55.9 Å². The zero-order valence-corrected chi connectivity index (χ0v) is 16.0. The SMILES string of the molecule is O=C1CCC(=O)N1c1ccc(S(=O)(=O)Nc2cc(C(F)(F)F)cc(C(F)(F)F)c2)cc1. The monoisotopic (exact) mass is 466 g/mol. The standard InChI is InChI=1S/C18H12F6N2O4S/c19-17(20,21)10-7-11(18(22,23)24)9-12(8-10)25-31(29,30)14-3-1-13(2-4-14)26-15(27)5-6-16(26)28/h1-4,7-9,25H,5-6H2. The molecule has 0 bridgehead atoms. The Bertz CT molecular complexity index is 1090. The number of halogens is 6. The van der Waals surface area contributed by atoms with Crippen LogP contribution in [0, 0.1) is 0 Å². The van der Waals surface area contributed by atoms with Crippen LogP contribution in [0.3, 0.4) is 0 Å². The van der Waals surface area contributed by atoms with E-state index in [0.717, 1.165) is 29.2 Å². The molecule has 3 rings (SSSR count). The molecule has 1 aliphatic heterocycles. The molecule has 2 aromatic carbocycles. The van der Waals surface area contributed by atoms with Crippen molar-refractivity contribution in [3.63, 3.8) is 0 Å². The summed E-state index contributed by atoms with van der Waals surface area (Å²) in [5.41, 5.74) is -4.20. The second-order valence-corrected chi connectivity index (χ2v) is 8.20. The molecule has 1 aliphatic rings. The molecule has 0 aliphatic carbocycles. The van der Waals surface area contributed by atoms with E-state index in [9.17, 15) is 44.3 Å². The molecule has 13 heteroatoms. The van der Waals surface area contributed by atoms with Crippen molar-refractivity contribution < 1.29 is 44.3 Å². The van der Waals surface area contributed by atoms with Crippen molar-refractivity contribution in [1.82, 2.24) is 0 Å². The summed E-state index contributed by atoms with van der Waals surface area (Å²) < 4.78 is 104. The summed E-state index contributed by atoms with van der Waals surface area (Å²) in [5.74, 6) is -0.968. The molecule has 0 atom stereocenters. The van der Waals surface area contributed by atoms with E-state index in [4.69, 9.17) is 0 Å². The third-order valence-electron chi connectivity index (χ3n) is 4.30. The third kappa shape index (κ3) is 4.81. The van der Waals surface area contributed by atoms with Gasteiger partial charge in [-0.05, 0) is 42.5 Å². The second kappa shape index (κ2) is 7.55. The predicted molar refractivity (Wildman–Crippen MR) is 95.4 cm³/mol. The highest BCUT2D eigenvalue weighted by Crippen LogP contribution is 2.38. The molecule has 2 aromatic rings. The number of nitrogens with one attached hydrogen (secondary N) is 1. The Balaban J connectivity index is 1.93. The fraction of sp³-hybridized carbons (Fsp3) is 0.222. The maximum Gasteiger partial charge on any atom is 0.416 e. The molecule has 1 saturated heterocycles. The number of anilines is 2. The molecule has 0 unspecified atom stereocenters. The fourth-order valence-electron chi connectivity index (χ4n) is 2.87. The molecular formula is C18H12F6N2O4S. The van der Waals surface area contributed by atoms with Crippen LogP contribution in [0.1, 0.15) is 24.0 Å². The molecule has 0 aromatic heterocycles. The third-order valence-corrected chi connectivity index (χ3v) is 5.69. The second-order valence-electron chi connectivity index (χ2n) is 6.52. The zero-order chi connectivity index (χ0) is 23.2. The van der Waals surface area contributed by atoms with Gasteiger partial charge in [0.05, 0.1) is 27.4 Å². The summed E-state index contributed by atoms with van der Waals surface area (Å²) in [6.45, 7) is 0. The Hall–Kier alpha value is -3.09. The number of hydrogen-bond acceptors (Lipinski definition) is 4. The molecule has 1 fully saturated rings. The van der Waals surface area contributed by atoms with Crippen molar-refractivity contribution >= 4 is 33.2 Å². The van der Waals surface area contributed by atoms with Crippen molar-refractivity contribution in [1.29, 1.82) is 0 Å². The van der Waals surface area contributed by atoms with E-state index in [1.807, 2.05) is 0 Å². The lowest BCUT2D eigenvalue weighted by atomic mass is 10.1. The lowest BCUT2D eigenvalue weighted by molar-refractivity contribution is -0.143. The summed E-state index contributed by atoms with van der Waals surface area (Å²) in [7, 11) is -4.58. The number of imide groups is 1. The van der Waals surface area contributed by atoms with Gasteiger partial charge in [0, 0.05) is 12.8 Å². The number of amides is 2. The number of alkyl halides is 6. The predicted octanol–water partition coefficient (Wildman–Crippen LogP) is 4.18. The Labute approximate surface area is 171 Å². The molecule has 31 heavy (non-hydrogen) atoms. The van der Waals surface area contributed by atoms with Gasteiger partial charge in [0.15, 0.2) is 0 Å². The number of rotatable bonds is 4. The van der Waals surface area contributed by atoms with Crippen molar-refractivity contribution in [3.8, 4) is 0 Å². The first-order valence-electron chi connectivity index (χ1n) is 8.47. The van der Waals surface area contributed by atoms with E-state index in [-0.39, 0.29) is 36.7 Å². The number of carbonyl (C=O) groups is 2. The van der Waals surface area contributed by atoms with E-state index >= 15 is 0 Å². The number of nitrogens with zero attached hydrogens (tertiary/aromatic N) is 1. The number of carbonyl (C=O) groups excluding carboxylic acids is 2. The molecule has 1 N–H and O–H groups in total. The van der Waals surface area contributed by atoms with Crippen LogP contribution in [0.5, 0.6) is 0 Å². The van der Waals surface area contributed by atoms with Crippen LogP contribution in [0.2, 0.25) is 0 Å². The van der Waals surface area contributed by atoms with Crippen LogP contribution in [0.4, 0.5) is 37.7 Å². The minimum absolute atomic E-state index is 0.00246. The van der Waals surface area contributed by atoms with Crippen molar-refractivity contribution in [2.75, 3.05) is 9.62 Å². The minimum atomic E-state index is -5.14. The molecule has 166 valence electrons. The maximum absolute atomic E-state index is 12.9. The summed E-state index contributed by atoms with van der Waals surface area (Å²) >= 11 is 0. The number of sulfonamides is 1. The fourth-order valence-corrected chi connectivity index (χ4v) is 3.91. The molecule has 1 heterocycles. The van der Waals surface area contributed by atoms with Gasteiger partial charge in [0.1, 0.15) is 0 Å². The van der Waals surface area contributed by atoms with Crippen LogP contribution in [-0.2, 0) is 32.0 Å². The summed E-state index contributed by atoms with van der Waals surface area (Å²) in [6.07, 6.45) is -10.3. The molecule has 2 amide bonds. The van der Waals surface area contributed by atoms with Gasteiger partial charge < -0.3 is 0 Å². The quantitative estimate of drug-likeness (QED) is 0.542. The normalized spacial score (nSPS) is 15.5. The Morgan fingerprint density at radius 1 is 0.774 bits per heavy atom. The highest BCUT2D eigenvalue weighted by Gasteiger charge is 2.37. The average molecular weight is 466 g/mol. The number of benzene rings is 2. The van der Waals surface area contributed by atoms with E-state index in [1.54, 1.807) is 4.72 Å². The van der Waals surface area contributed by atoms with Gasteiger partial charge in [0.2, 0.25) is 11.8 Å². The van der Waals surface area contributed by atoms with Crippen molar-refractivity contribution in [2.45, 2.75) is 30.1 Å². The van der Waals surface area contributed by atoms with E-state index in [0.29, 0.717) is 0 Å². The highest BCUT2D eigenvalue weighted by molar-refractivity contribution is 7.92. The summed E-state index contributed by atoms with van der Waals surface area (Å²) in [5, 5.41) is 0. The van der Waals surface area contributed by atoms with Crippen molar-refractivity contribution in [2.24, 2.45) is 0 Å². The summed E-state index contributed by atoms with van der Waals surface area (Å²) in [4.78, 5) is 23.8. The first-order valence-corrected chi connectivity index (χ1v) is 9.95. The molecule has 0 spiro atoms. The van der Waals surface area contributed by atoms with Gasteiger partial charge in [-0.15, -0.1) is 0 Å². The molecule has 6 nitrogen and oxygen atoms in total. The van der Waals surface area contributed by atoms with Gasteiger partial charge in [-0.1, -0.05) is 0 Å². The lowest BCUT2D eigenvalue weighted by Gasteiger charge is -2.16. The highest BCUT2D eigenvalue weighted by atomic mass is 32.2. The first-order chi connectivity index (χ1) is 14.2. The smallest absolute Gasteiger partial charge is 0.280 e. The van der Waals surface area contributed by atoms with Crippen LogP contribution in [-0.4, -0.2) is 20.2 Å². The Kier molecular flexibility index (Phi) is 5.50. The topological polar surface area (TPSA) is 83.6 Å². The van der Waals surface area contributed by atoms with Crippen molar-refractivity contribution in [3.05, 3.63) is 53.6 Å². The van der Waals surface area contributed by atoms with Gasteiger partial charge in [-0.2, -0.15) is 26.3 Å². The van der Waals surface area contributed by atoms with Gasteiger partial charge in [0.25, 0.3) is 10.0 Å². The summed E-state index contributed by atoms with van der Waals surface area (Å²) in [6, 6.07) is 4.54. The van der Waals surface area contributed by atoms with Gasteiger partial charge in [-0.25, -0.2) is 8.42 Å². The van der Waals surface area contributed by atoms with Crippen LogP contribution >= 0.6 is 0 Å². The average Bonchev–Trinajstić information content (AvgIpc) is 2.98. The van der Waals surface area contributed by atoms with Crippen LogP contribution in [0.25, 0.3) is 0 Å². The van der Waals surface area contributed by atoms with Gasteiger partial charge >= 0.3 is 12.4 Å². The molecule has 0 radical (unpaired) electrons.